The molecule has 1 aliphatic heterocycles. The van der Waals surface area contributed by atoms with Crippen molar-refractivity contribution in [2.24, 2.45) is 5.92 Å². The van der Waals surface area contributed by atoms with E-state index in [0.29, 0.717) is 0 Å². The molecule has 0 aromatic carbocycles. The molecule has 1 fully saturated rings. The third-order valence-electron chi connectivity index (χ3n) is 3.82. The largest absolute Gasteiger partial charge is 0.393 e. The molecule has 17 heavy (non-hydrogen) atoms. The Bertz CT molecular complexity index is 189. The first-order chi connectivity index (χ1) is 8.08. The highest BCUT2D eigenvalue weighted by molar-refractivity contribution is 4.72. The highest BCUT2D eigenvalue weighted by atomic mass is 16.3. The lowest BCUT2D eigenvalue weighted by Crippen LogP contribution is -2.36. The number of rotatable bonds is 7. The van der Waals surface area contributed by atoms with Crippen LogP contribution in [0.5, 0.6) is 0 Å². The number of hydrogen-bond donors (Lipinski definition) is 1. The molecule has 0 aliphatic carbocycles. The molecule has 1 atom stereocenters. The van der Waals surface area contributed by atoms with E-state index in [1.807, 2.05) is 6.92 Å². The predicted molar refractivity (Wildman–Crippen MR) is 73.2 cm³/mol. The molecule has 0 saturated carbocycles. The third-order valence-corrected chi connectivity index (χ3v) is 3.82. The van der Waals surface area contributed by atoms with Gasteiger partial charge in [0.15, 0.2) is 0 Å². The molecule has 1 aliphatic rings. The molecule has 0 spiro atoms. The highest BCUT2D eigenvalue weighted by Crippen LogP contribution is 2.16. The van der Waals surface area contributed by atoms with Gasteiger partial charge in [-0.1, -0.05) is 0 Å². The van der Waals surface area contributed by atoms with Crippen LogP contribution in [0.2, 0.25) is 0 Å². The Hall–Kier alpha value is -0.120. The molecule has 0 aromatic rings. The molecule has 1 heterocycles. The van der Waals surface area contributed by atoms with Crippen LogP contribution in [-0.4, -0.2) is 61.3 Å². The van der Waals surface area contributed by atoms with Gasteiger partial charge in [-0.15, -0.1) is 0 Å². The van der Waals surface area contributed by atoms with E-state index in [2.05, 4.69) is 23.9 Å². The van der Waals surface area contributed by atoms with Crippen LogP contribution >= 0.6 is 0 Å². The molecule has 0 bridgehead atoms. The Labute approximate surface area is 107 Å². The second kappa shape index (κ2) is 8.06. The van der Waals surface area contributed by atoms with Gasteiger partial charge in [-0.05, 0) is 78.7 Å². The Morgan fingerprint density at radius 1 is 1.29 bits per heavy atom. The molecule has 1 unspecified atom stereocenters. The summed E-state index contributed by atoms with van der Waals surface area (Å²) in [6.07, 6.45) is 5.89. The summed E-state index contributed by atoms with van der Waals surface area (Å²) in [5.41, 5.74) is 0. The second-order valence-corrected chi connectivity index (χ2v) is 5.85. The Morgan fingerprint density at radius 3 is 2.53 bits per heavy atom. The minimum absolute atomic E-state index is 0.130. The summed E-state index contributed by atoms with van der Waals surface area (Å²) in [5.74, 6) is 0.896. The molecule has 3 nitrogen and oxygen atoms in total. The summed E-state index contributed by atoms with van der Waals surface area (Å²) in [4.78, 5) is 4.90. The number of unbranched alkanes of at least 4 members (excludes halogenated alkanes) is 1. The number of aliphatic hydroxyl groups is 1. The fourth-order valence-electron chi connectivity index (χ4n) is 2.60. The smallest absolute Gasteiger partial charge is 0.0512 e. The quantitative estimate of drug-likeness (QED) is 0.690. The summed E-state index contributed by atoms with van der Waals surface area (Å²) in [6.45, 7) is 6.84. The van der Waals surface area contributed by atoms with E-state index in [4.69, 9.17) is 0 Å². The lowest BCUT2D eigenvalue weighted by atomic mass is 9.96. The zero-order chi connectivity index (χ0) is 12.7. The first-order valence-electron chi connectivity index (χ1n) is 7.13. The van der Waals surface area contributed by atoms with Crippen molar-refractivity contribution in [3.05, 3.63) is 0 Å². The van der Waals surface area contributed by atoms with Crippen molar-refractivity contribution in [1.82, 2.24) is 9.80 Å². The standard InChI is InChI=1S/C14H30N2O/c1-13(17)6-4-5-9-16(3)12-14-7-10-15(2)11-8-14/h13-14,17H,4-12H2,1-3H3. The van der Waals surface area contributed by atoms with Crippen LogP contribution in [0.1, 0.15) is 39.0 Å². The van der Waals surface area contributed by atoms with Gasteiger partial charge < -0.3 is 14.9 Å². The van der Waals surface area contributed by atoms with Crippen LogP contribution in [0.3, 0.4) is 0 Å². The minimum Gasteiger partial charge on any atom is -0.393 e. The predicted octanol–water partition coefficient (Wildman–Crippen LogP) is 1.81. The van der Waals surface area contributed by atoms with Crippen LogP contribution in [0, 0.1) is 5.92 Å². The number of piperidine rings is 1. The van der Waals surface area contributed by atoms with Crippen molar-refractivity contribution in [3.8, 4) is 0 Å². The SMILES string of the molecule is CC(O)CCCCN(C)CC1CCN(C)CC1. The van der Waals surface area contributed by atoms with Gasteiger partial charge in [0.2, 0.25) is 0 Å². The average molecular weight is 242 g/mol. The van der Waals surface area contributed by atoms with E-state index >= 15 is 0 Å². The van der Waals surface area contributed by atoms with Gasteiger partial charge >= 0.3 is 0 Å². The highest BCUT2D eigenvalue weighted by Gasteiger charge is 2.17. The average Bonchev–Trinajstić information content (AvgIpc) is 2.27. The van der Waals surface area contributed by atoms with Crippen molar-refractivity contribution < 1.29 is 5.11 Å². The summed E-state index contributed by atoms with van der Waals surface area (Å²) in [5, 5.41) is 9.19. The normalized spacial score (nSPS) is 21.0. The molecule has 0 aromatic heterocycles. The van der Waals surface area contributed by atoms with Gasteiger partial charge in [0.1, 0.15) is 0 Å². The van der Waals surface area contributed by atoms with E-state index in [-0.39, 0.29) is 6.10 Å². The van der Waals surface area contributed by atoms with Gasteiger partial charge in [-0.25, -0.2) is 0 Å². The van der Waals surface area contributed by atoms with Crippen molar-refractivity contribution in [1.29, 1.82) is 0 Å². The van der Waals surface area contributed by atoms with E-state index < -0.39 is 0 Å². The molecule has 0 amide bonds. The molecule has 3 heteroatoms. The Morgan fingerprint density at radius 2 is 1.94 bits per heavy atom. The van der Waals surface area contributed by atoms with Crippen LogP contribution in [0.15, 0.2) is 0 Å². The zero-order valence-corrected chi connectivity index (χ0v) is 11.9. The monoisotopic (exact) mass is 242 g/mol. The maximum absolute atomic E-state index is 9.19. The van der Waals surface area contributed by atoms with Gasteiger partial charge in [0, 0.05) is 6.54 Å². The number of hydrogen-bond acceptors (Lipinski definition) is 3. The van der Waals surface area contributed by atoms with E-state index in [1.165, 1.54) is 45.4 Å². The van der Waals surface area contributed by atoms with Gasteiger partial charge in [0.25, 0.3) is 0 Å². The van der Waals surface area contributed by atoms with Crippen molar-refractivity contribution in [2.75, 3.05) is 40.3 Å². The molecule has 0 radical (unpaired) electrons. The summed E-state index contributed by atoms with van der Waals surface area (Å²) in [6, 6.07) is 0. The Kier molecular flexibility index (Phi) is 7.09. The maximum Gasteiger partial charge on any atom is 0.0512 e. The summed E-state index contributed by atoms with van der Waals surface area (Å²) < 4.78 is 0. The van der Waals surface area contributed by atoms with E-state index in [9.17, 15) is 5.11 Å². The summed E-state index contributed by atoms with van der Waals surface area (Å²) in [7, 11) is 4.46. The minimum atomic E-state index is -0.130. The van der Waals surface area contributed by atoms with Crippen molar-refractivity contribution in [2.45, 2.75) is 45.1 Å². The Balaban J connectivity index is 2.02. The molecule has 1 N–H and O–H groups in total. The molecule has 102 valence electrons. The number of likely N-dealkylation sites (tertiary alicyclic amines) is 1. The topological polar surface area (TPSA) is 26.7 Å². The van der Waals surface area contributed by atoms with Gasteiger partial charge in [-0.3, -0.25) is 0 Å². The second-order valence-electron chi connectivity index (χ2n) is 5.85. The third kappa shape index (κ3) is 7.02. The van der Waals surface area contributed by atoms with Crippen LogP contribution < -0.4 is 0 Å². The van der Waals surface area contributed by atoms with Crippen LogP contribution in [0.25, 0.3) is 0 Å². The molecular weight excluding hydrogens is 212 g/mol. The van der Waals surface area contributed by atoms with E-state index in [0.717, 1.165) is 18.8 Å². The zero-order valence-electron chi connectivity index (χ0n) is 11.9. The fourth-order valence-corrected chi connectivity index (χ4v) is 2.60. The van der Waals surface area contributed by atoms with Crippen molar-refractivity contribution in [3.63, 3.8) is 0 Å². The lowest BCUT2D eigenvalue weighted by Gasteiger charge is -2.31. The van der Waals surface area contributed by atoms with Crippen molar-refractivity contribution >= 4 is 0 Å². The van der Waals surface area contributed by atoms with Crippen LogP contribution in [0.4, 0.5) is 0 Å². The summed E-state index contributed by atoms with van der Waals surface area (Å²) >= 11 is 0. The number of aliphatic hydroxyl groups excluding tert-OH is 1. The first-order valence-corrected chi connectivity index (χ1v) is 7.13. The van der Waals surface area contributed by atoms with Crippen LogP contribution in [-0.2, 0) is 0 Å². The van der Waals surface area contributed by atoms with Gasteiger partial charge in [-0.2, -0.15) is 0 Å². The fraction of sp³-hybridized carbons (Fsp3) is 1.00. The number of nitrogens with zero attached hydrogens (tertiary/aromatic N) is 2. The first kappa shape index (κ1) is 14.9. The maximum atomic E-state index is 9.19. The van der Waals surface area contributed by atoms with E-state index in [1.54, 1.807) is 0 Å². The van der Waals surface area contributed by atoms with Gasteiger partial charge in [0.05, 0.1) is 6.10 Å². The lowest BCUT2D eigenvalue weighted by molar-refractivity contribution is 0.166. The molecule has 1 rings (SSSR count). The molecular formula is C14H30N2O. The molecule has 1 saturated heterocycles.